The van der Waals surface area contributed by atoms with E-state index in [2.05, 4.69) is 45.0 Å². The van der Waals surface area contributed by atoms with E-state index in [1.54, 1.807) is 0 Å². The summed E-state index contributed by atoms with van der Waals surface area (Å²) in [6.07, 6.45) is 6.77. The monoisotopic (exact) mass is 252 g/mol. The van der Waals surface area contributed by atoms with E-state index in [-0.39, 0.29) is 0 Å². The molecule has 1 aliphatic carbocycles. The van der Waals surface area contributed by atoms with Gasteiger partial charge in [-0.1, -0.05) is 27.7 Å². The number of hydrogen-bond donors (Lipinski definition) is 1. The largest absolute Gasteiger partial charge is 0.310 e. The molecular formula is C16H32N2. The highest BCUT2D eigenvalue weighted by Crippen LogP contribution is 2.45. The summed E-state index contributed by atoms with van der Waals surface area (Å²) in [5.74, 6) is 0. The van der Waals surface area contributed by atoms with E-state index in [1.165, 1.54) is 45.2 Å². The van der Waals surface area contributed by atoms with Gasteiger partial charge in [0, 0.05) is 18.6 Å². The minimum Gasteiger partial charge on any atom is -0.310 e. The SMILES string of the molecule is CN1CCCC(NC2CC(C)(C)CC(C)(C)C2)C1. The molecule has 0 aromatic rings. The lowest BCUT2D eigenvalue weighted by Gasteiger charge is -2.46. The van der Waals surface area contributed by atoms with Crippen molar-refractivity contribution in [2.24, 2.45) is 10.8 Å². The summed E-state index contributed by atoms with van der Waals surface area (Å²) >= 11 is 0. The predicted octanol–water partition coefficient (Wildman–Crippen LogP) is 3.28. The fourth-order valence-electron chi connectivity index (χ4n) is 4.60. The van der Waals surface area contributed by atoms with Crippen molar-refractivity contribution in [1.29, 1.82) is 0 Å². The average molecular weight is 252 g/mol. The van der Waals surface area contributed by atoms with Crippen molar-refractivity contribution < 1.29 is 0 Å². The van der Waals surface area contributed by atoms with Crippen LogP contribution in [-0.4, -0.2) is 37.1 Å². The molecule has 0 spiro atoms. The van der Waals surface area contributed by atoms with Gasteiger partial charge >= 0.3 is 0 Å². The summed E-state index contributed by atoms with van der Waals surface area (Å²) in [4.78, 5) is 2.47. The number of likely N-dealkylation sites (tertiary alicyclic amines) is 1. The Hall–Kier alpha value is -0.0800. The van der Waals surface area contributed by atoms with Gasteiger partial charge in [0.1, 0.15) is 0 Å². The fourth-order valence-corrected chi connectivity index (χ4v) is 4.60. The third kappa shape index (κ3) is 3.96. The van der Waals surface area contributed by atoms with Gasteiger partial charge in [0.25, 0.3) is 0 Å². The smallest absolute Gasteiger partial charge is 0.0197 e. The van der Waals surface area contributed by atoms with Gasteiger partial charge < -0.3 is 10.2 Å². The quantitative estimate of drug-likeness (QED) is 0.811. The van der Waals surface area contributed by atoms with Gasteiger partial charge in [-0.15, -0.1) is 0 Å². The molecule has 2 nitrogen and oxygen atoms in total. The van der Waals surface area contributed by atoms with E-state index in [4.69, 9.17) is 0 Å². The lowest BCUT2D eigenvalue weighted by Crippen LogP contribution is -2.52. The number of likely N-dealkylation sites (N-methyl/N-ethyl adjacent to an activating group) is 1. The van der Waals surface area contributed by atoms with Gasteiger partial charge in [-0.2, -0.15) is 0 Å². The van der Waals surface area contributed by atoms with E-state index >= 15 is 0 Å². The first-order valence-corrected chi connectivity index (χ1v) is 7.70. The molecule has 1 unspecified atom stereocenters. The van der Waals surface area contributed by atoms with Gasteiger partial charge in [0.2, 0.25) is 0 Å². The lowest BCUT2D eigenvalue weighted by molar-refractivity contribution is 0.0738. The minimum atomic E-state index is 0.500. The molecule has 2 fully saturated rings. The van der Waals surface area contributed by atoms with Crippen LogP contribution in [0, 0.1) is 10.8 Å². The Morgan fingerprint density at radius 1 is 1.00 bits per heavy atom. The highest BCUT2D eigenvalue weighted by atomic mass is 15.1. The zero-order chi connectivity index (χ0) is 13.4. The first-order valence-electron chi connectivity index (χ1n) is 7.70. The van der Waals surface area contributed by atoms with Crippen molar-refractivity contribution in [3.63, 3.8) is 0 Å². The number of nitrogens with zero attached hydrogens (tertiary/aromatic N) is 1. The summed E-state index contributed by atoms with van der Waals surface area (Å²) in [6.45, 7) is 12.3. The molecule has 0 radical (unpaired) electrons. The van der Waals surface area contributed by atoms with Crippen LogP contribution in [0.1, 0.15) is 59.8 Å². The van der Waals surface area contributed by atoms with Gasteiger partial charge in [0.05, 0.1) is 0 Å². The molecule has 1 aliphatic heterocycles. The van der Waals surface area contributed by atoms with Crippen LogP contribution in [0.2, 0.25) is 0 Å². The molecule has 0 aromatic carbocycles. The van der Waals surface area contributed by atoms with Gasteiger partial charge in [0.15, 0.2) is 0 Å². The van der Waals surface area contributed by atoms with E-state index < -0.39 is 0 Å². The van der Waals surface area contributed by atoms with Gasteiger partial charge in [-0.25, -0.2) is 0 Å². The molecule has 2 rings (SSSR count). The summed E-state index contributed by atoms with van der Waals surface area (Å²) in [5.41, 5.74) is 1.000. The Morgan fingerprint density at radius 3 is 2.17 bits per heavy atom. The first-order chi connectivity index (χ1) is 8.26. The van der Waals surface area contributed by atoms with Crippen LogP contribution in [-0.2, 0) is 0 Å². The second kappa shape index (κ2) is 5.13. The van der Waals surface area contributed by atoms with Crippen LogP contribution in [0.15, 0.2) is 0 Å². The summed E-state index contributed by atoms with van der Waals surface area (Å²) < 4.78 is 0. The Balaban J connectivity index is 1.92. The minimum absolute atomic E-state index is 0.500. The zero-order valence-corrected chi connectivity index (χ0v) is 13.1. The van der Waals surface area contributed by atoms with Crippen LogP contribution in [0.25, 0.3) is 0 Å². The fraction of sp³-hybridized carbons (Fsp3) is 1.00. The average Bonchev–Trinajstić information content (AvgIpc) is 2.11. The molecule has 0 aromatic heterocycles. The Morgan fingerprint density at radius 2 is 1.61 bits per heavy atom. The van der Waals surface area contributed by atoms with Crippen LogP contribution >= 0.6 is 0 Å². The molecule has 1 saturated carbocycles. The molecule has 2 aliphatic rings. The standard InChI is InChI=1S/C16H32N2/c1-15(2)9-14(10-16(3,4)12-15)17-13-7-6-8-18(5)11-13/h13-14,17H,6-12H2,1-5H3. The van der Waals surface area contributed by atoms with Crippen LogP contribution in [0.3, 0.4) is 0 Å². The third-order valence-electron chi connectivity index (χ3n) is 4.65. The summed E-state index contributed by atoms with van der Waals surface area (Å²) in [7, 11) is 2.25. The highest BCUT2D eigenvalue weighted by Gasteiger charge is 2.39. The van der Waals surface area contributed by atoms with Crippen molar-refractivity contribution in [2.75, 3.05) is 20.1 Å². The maximum Gasteiger partial charge on any atom is 0.0197 e. The topological polar surface area (TPSA) is 15.3 Å². The number of hydrogen-bond acceptors (Lipinski definition) is 2. The Bertz CT molecular complexity index is 267. The molecule has 1 heterocycles. The maximum absolute atomic E-state index is 3.96. The van der Waals surface area contributed by atoms with E-state index in [9.17, 15) is 0 Å². The highest BCUT2D eigenvalue weighted by molar-refractivity contribution is 4.94. The molecule has 2 heteroatoms. The predicted molar refractivity (Wildman–Crippen MR) is 78.9 cm³/mol. The summed E-state index contributed by atoms with van der Waals surface area (Å²) in [5, 5.41) is 3.96. The van der Waals surface area contributed by atoms with Crippen molar-refractivity contribution in [2.45, 2.75) is 71.9 Å². The molecule has 18 heavy (non-hydrogen) atoms. The van der Waals surface area contributed by atoms with E-state index in [1.807, 2.05) is 0 Å². The first kappa shape index (κ1) is 14.3. The molecule has 1 saturated heterocycles. The second-order valence-electron chi connectivity index (χ2n) is 8.38. The van der Waals surface area contributed by atoms with Crippen molar-refractivity contribution in [3.05, 3.63) is 0 Å². The number of nitrogens with one attached hydrogen (secondary N) is 1. The van der Waals surface area contributed by atoms with Crippen molar-refractivity contribution >= 4 is 0 Å². The molecule has 0 bridgehead atoms. The Labute approximate surface area is 114 Å². The normalized spacial score (nSPS) is 33.5. The third-order valence-corrected chi connectivity index (χ3v) is 4.65. The second-order valence-corrected chi connectivity index (χ2v) is 8.38. The molecule has 106 valence electrons. The Kier molecular flexibility index (Phi) is 4.08. The molecular weight excluding hydrogens is 220 g/mol. The van der Waals surface area contributed by atoms with Crippen LogP contribution in [0.5, 0.6) is 0 Å². The molecule has 0 amide bonds. The van der Waals surface area contributed by atoms with Gasteiger partial charge in [-0.05, 0) is 56.5 Å². The van der Waals surface area contributed by atoms with E-state index in [0.717, 1.165) is 12.1 Å². The lowest BCUT2D eigenvalue weighted by atomic mass is 9.63. The summed E-state index contributed by atoms with van der Waals surface area (Å²) in [6, 6.07) is 1.44. The molecule has 1 N–H and O–H groups in total. The zero-order valence-electron chi connectivity index (χ0n) is 13.1. The number of rotatable bonds is 2. The van der Waals surface area contributed by atoms with Crippen LogP contribution < -0.4 is 5.32 Å². The van der Waals surface area contributed by atoms with Gasteiger partial charge in [-0.3, -0.25) is 0 Å². The maximum atomic E-state index is 3.96. The number of piperidine rings is 1. The van der Waals surface area contributed by atoms with Crippen molar-refractivity contribution in [3.8, 4) is 0 Å². The molecule has 1 atom stereocenters. The van der Waals surface area contributed by atoms with E-state index in [0.29, 0.717) is 10.8 Å². The van der Waals surface area contributed by atoms with Crippen LogP contribution in [0.4, 0.5) is 0 Å². The van der Waals surface area contributed by atoms with Crippen molar-refractivity contribution in [1.82, 2.24) is 10.2 Å².